The quantitative estimate of drug-likeness (QED) is 0.0253. The molecule has 32 heteroatoms. The van der Waals surface area contributed by atoms with E-state index in [0.29, 0.717) is 101 Å². The number of nitrogens with zero attached hydrogens (tertiary/aromatic N) is 15. The fourth-order valence-electron chi connectivity index (χ4n) is 20.8. The van der Waals surface area contributed by atoms with E-state index >= 15 is 0 Å². The number of fused-ring (bicyclic) bond motifs is 6. The first-order valence-electron chi connectivity index (χ1n) is 43.8. The van der Waals surface area contributed by atoms with Crippen LogP contribution in [0.4, 0.5) is 30.6 Å². The molecule has 0 spiro atoms. The number of aromatic nitrogens is 15. The second-order valence-electron chi connectivity index (χ2n) is 37.7. The molecule has 0 bridgehead atoms. The third kappa shape index (κ3) is 17.8. The number of aryl methyl sites for hydroxylation is 4. The number of aromatic amines is 3. The average Bonchev–Trinajstić information content (AvgIpc) is 1.61. The van der Waals surface area contributed by atoms with Gasteiger partial charge < -0.3 is 86.1 Å². The molecule has 0 unspecified atom stereocenters. The Balaban J connectivity index is 0.000000130. The standard InChI is InChI=1S/C34H47N7O2.C29H36F3N7O3.C27H34ClN7O2/c1-34(2,3)23-8-9-26-27(16-23)39-29(38-26)10-7-21-13-24(14-21)40(17-20-5-4-6-20)18-22-15-28(31(43)30(22)42)41-12-11-25-32(35)36-19-37-33(25)41;1-15(2)39(13-17-11-23(26(41)25(17)40)38-8-7-20-27(33)34-14-35-28(20)38)18-9-16(10-18)3-6-24-36-21-5-4-19(12-22(21)37-24)42-29(30,31)32;1-14-7-20-21(11-19(14)28)33-23(32-20)4-3-15-8-17(9-15)34(2)12-16-10-22(25(37)24(16)36)35-6-5-18-26(29)30-13-31-27(18)35/h8-9,11-12,16,19-22,24,28,30-31,42-43H,4-7,10,13-15,17-18H2,1-3H3,(H,38,39)(H2,35,36,37);4-5,7-8,12,14-18,23,25-26,40-41H,3,6,9-11,13H2,1-2H3,(H,36,37)(H2,33,34,35);5-7,11,13,15-17,22,24-25,36-37H,3-4,8-10,12H2,1-2H3,(H,32,33)(H2,29,30,31)/t21?,22-,24?,28-,30-,31+;16?,17-,18?,23-,25-,26+;15?,16-,17?,22-,24-,25+/m111/s1. The summed E-state index contributed by atoms with van der Waals surface area (Å²) in [5.74, 6) is 6.41. The zero-order chi connectivity index (χ0) is 85.5. The van der Waals surface area contributed by atoms with E-state index < -0.39 is 43.0 Å². The molecular formula is C90H117ClF3N21O7. The van der Waals surface area contributed by atoms with Crippen molar-refractivity contribution in [2.45, 2.75) is 248 Å². The van der Waals surface area contributed by atoms with Gasteiger partial charge in [-0.05, 0) is 213 Å². The first kappa shape index (κ1) is 85.0. The number of nitrogens with two attached hydrogens (primary N) is 3. The van der Waals surface area contributed by atoms with Crippen LogP contribution in [0, 0.1) is 48.3 Å². The topological polar surface area (TPSA) is 397 Å². The predicted octanol–water partition coefficient (Wildman–Crippen LogP) is 12.7. The Hall–Kier alpha value is -9.15. The van der Waals surface area contributed by atoms with Crippen LogP contribution in [-0.2, 0) is 24.7 Å². The molecule has 7 saturated carbocycles. The van der Waals surface area contributed by atoms with Gasteiger partial charge in [0, 0.05) is 117 Å². The van der Waals surface area contributed by atoms with Crippen molar-refractivity contribution in [1.29, 1.82) is 0 Å². The molecule has 12 aromatic rings. The lowest BCUT2D eigenvalue weighted by atomic mass is 9.75. The molecule has 652 valence electrons. The number of H-pyrrole nitrogens is 3. The third-order valence-electron chi connectivity index (χ3n) is 28.4. The second-order valence-corrected chi connectivity index (χ2v) is 38.1. The Bertz CT molecular complexity index is 5600. The summed E-state index contributed by atoms with van der Waals surface area (Å²) in [6.45, 7) is 16.4. The van der Waals surface area contributed by atoms with Gasteiger partial charge in [-0.15, -0.1) is 13.2 Å². The van der Waals surface area contributed by atoms with Gasteiger partial charge in [-0.1, -0.05) is 44.9 Å². The number of hydrogen-bond donors (Lipinski definition) is 12. The number of imidazole rings is 3. The van der Waals surface area contributed by atoms with Crippen molar-refractivity contribution in [1.82, 2.24) is 88.2 Å². The largest absolute Gasteiger partial charge is 0.573 e. The minimum atomic E-state index is -4.74. The van der Waals surface area contributed by atoms with Crippen LogP contribution in [0.15, 0.2) is 104 Å². The lowest BCUT2D eigenvalue weighted by Crippen LogP contribution is -2.51. The highest BCUT2D eigenvalue weighted by Crippen LogP contribution is 2.47. The van der Waals surface area contributed by atoms with Crippen LogP contribution >= 0.6 is 11.6 Å². The smallest absolute Gasteiger partial charge is 0.406 e. The number of rotatable bonds is 25. The van der Waals surface area contributed by atoms with Gasteiger partial charge in [0.05, 0.1) is 85.7 Å². The van der Waals surface area contributed by atoms with E-state index in [-0.39, 0.29) is 53.1 Å². The molecule has 12 atom stereocenters. The van der Waals surface area contributed by atoms with Crippen molar-refractivity contribution < 1.29 is 48.5 Å². The number of nitrogen functional groups attached to an aromatic ring is 3. The van der Waals surface area contributed by atoms with E-state index in [1.807, 2.05) is 63.5 Å². The summed E-state index contributed by atoms with van der Waals surface area (Å²) in [4.78, 5) is 57.1. The van der Waals surface area contributed by atoms with Crippen LogP contribution in [-0.4, -0.2) is 219 Å². The molecule has 9 heterocycles. The number of ether oxygens (including phenoxy) is 1. The number of alkyl halides is 3. The Morgan fingerprint density at radius 3 is 1.38 bits per heavy atom. The molecule has 7 fully saturated rings. The summed E-state index contributed by atoms with van der Waals surface area (Å²) in [6, 6.07) is 21.3. The first-order chi connectivity index (χ1) is 58.4. The van der Waals surface area contributed by atoms with Gasteiger partial charge in [-0.3, -0.25) is 9.80 Å². The van der Waals surface area contributed by atoms with Crippen LogP contribution in [0.2, 0.25) is 5.02 Å². The normalized spacial score (nSPS) is 27.5. The number of halogens is 4. The molecule has 0 amide bonds. The maximum absolute atomic E-state index is 12.5. The van der Waals surface area contributed by atoms with E-state index in [1.54, 1.807) is 0 Å². The molecule has 7 aliphatic rings. The minimum absolute atomic E-state index is 0.00786. The monoisotopic (exact) mass is 1700 g/mol. The van der Waals surface area contributed by atoms with Crippen molar-refractivity contribution in [3.05, 3.63) is 138 Å². The fourth-order valence-corrected chi connectivity index (χ4v) is 20.9. The summed E-state index contributed by atoms with van der Waals surface area (Å²) in [7, 11) is 2.14. The molecule has 0 radical (unpaired) electrons. The van der Waals surface area contributed by atoms with Gasteiger partial charge in [-0.2, -0.15) is 0 Å². The van der Waals surface area contributed by atoms with Gasteiger partial charge in [-0.25, -0.2) is 44.9 Å². The van der Waals surface area contributed by atoms with E-state index in [1.165, 1.54) is 74.8 Å². The summed E-state index contributed by atoms with van der Waals surface area (Å²) in [6.07, 6.45) is 18.8. The second kappa shape index (κ2) is 34.8. The van der Waals surface area contributed by atoms with Crippen LogP contribution in [0.5, 0.6) is 5.75 Å². The number of hydrogen-bond acceptors (Lipinski definition) is 22. The highest BCUT2D eigenvalue weighted by molar-refractivity contribution is 6.32. The van der Waals surface area contributed by atoms with Gasteiger partial charge in [0.25, 0.3) is 0 Å². The highest BCUT2D eigenvalue weighted by Gasteiger charge is 2.49. The van der Waals surface area contributed by atoms with E-state index in [2.05, 4.69) is 135 Å². The Kier molecular flexibility index (Phi) is 24.2. The third-order valence-corrected chi connectivity index (χ3v) is 28.8. The van der Waals surface area contributed by atoms with E-state index in [9.17, 15) is 43.8 Å². The average molecular weight is 1700 g/mol. The van der Waals surface area contributed by atoms with Crippen molar-refractivity contribution in [3.63, 3.8) is 0 Å². The summed E-state index contributed by atoms with van der Waals surface area (Å²) < 4.78 is 47.5. The Morgan fingerprint density at radius 1 is 0.500 bits per heavy atom. The van der Waals surface area contributed by atoms with Crippen LogP contribution < -0.4 is 21.9 Å². The highest BCUT2D eigenvalue weighted by atomic mass is 35.5. The lowest BCUT2D eigenvalue weighted by molar-refractivity contribution is -0.274. The molecule has 28 nitrogen and oxygen atoms in total. The van der Waals surface area contributed by atoms with Crippen molar-refractivity contribution in [2.24, 2.45) is 41.4 Å². The SMILES string of the molecule is CC(C)(C)c1ccc2nc(CCC3CC(N(CC4CCC4)C[C@H]4C[C@@H](n5ccc6c(N)ncnc65)[C@H](O)[C@@H]4O)C3)[nH]c2c1.CC(C)N(C[C@H]1C[C@@H](n2ccc3c(N)ncnc32)[C@H](O)[C@@H]1O)C1CC(CCc2nc3ccc(OC(F)(F)F)cc3[nH]2)C1.Cc1cc2[nH]c(CCC3CC(N(C)C[C@H]4C[C@@H](n5ccc6c(N)ncnc65)[C@H](O)[C@@H]4O)C3)nc2cc1Cl. The van der Waals surface area contributed by atoms with Gasteiger partial charge in [0.15, 0.2) is 0 Å². The number of aliphatic hydroxyl groups is 6. The van der Waals surface area contributed by atoms with Crippen molar-refractivity contribution >= 4 is 95.3 Å². The maximum atomic E-state index is 12.5. The maximum Gasteiger partial charge on any atom is 0.573 e. The van der Waals surface area contributed by atoms with Crippen molar-refractivity contribution in [2.75, 3.05) is 50.4 Å². The molecule has 15 N–H and O–H groups in total. The number of anilines is 3. The van der Waals surface area contributed by atoms with Crippen LogP contribution in [0.25, 0.3) is 66.2 Å². The van der Waals surface area contributed by atoms with Crippen molar-refractivity contribution in [3.8, 4) is 5.75 Å². The number of aliphatic hydroxyl groups excluding tert-OH is 6. The Morgan fingerprint density at radius 2 is 0.926 bits per heavy atom. The zero-order valence-electron chi connectivity index (χ0n) is 70.5. The molecule has 0 saturated heterocycles. The van der Waals surface area contributed by atoms with Crippen LogP contribution in [0.3, 0.4) is 0 Å². The molecular weight excluding hydrogens is 1580 g/mol. The predicted molar refractivity (Wildman–Crippen MR) is 465 cm³/mol. The lowest BCUT2D eigenvalue weighted by Gasteiger charge is -2.46. The van der Waals surface area contributed by atoms with E-state index in [4.69, 9.17) is 38.8 Å². The summed E-state index contributed by atoms with van der Waals surface area (Å²) in [5.41, 5.74) is 27.9. The Labute approximate surface area is 711 Å². The zero-order valence-corrected chi connectivity index (χ0v) is 71.2. The van der Waals surface area contributed by atoms with Gasteiger partial charge in [0.2, 0.25) is 0 Å². The number of nitrogens with one attached hydrogen (secondary N) is 3. The van der Waals surface area contributed by atoms with Crippen LogP contribution in [0.1, 0.15) is 178 Å². The van der Waals surface area contributed by atoms with Gasteiger partial charge >= 0.3 is 6.36 Å². The van der Waals surface area contributed by atoms with Gasteiger partial charge in [0.1, 0.15) is 94.9 Å². The first-order valence-corrected chi connectivity index (χ1v) is 44.1. The molecule has 122 heavy (non-hydrogen) atoms. The summed E-state index contributed by atoms with van der Waals surface area (Å²) >= 11 is 6.24. The summed E-state index contributed by atoms with van der Waals surface area (Å²) in [5, 5.41) is 69.2. The molecule has 0 aliphatic heterocycles. The van der Waals surface area contributed by atoms with E-state index in [0.717, 1.165) is 162 Å². The molecule has 3 aromatic carbocycles. The molecule has 19 rings (SSSR count). The number of benzene rings is 3. The molecule has 9 aromatic heterocycles. The fraction of sp³-hybridized carbons (Fsp3) is 0.567. The molecule has 7 aliphatic carbocycles. The minimum Gasteiger partial charge on any atom is -0.406 e.